The first kappa shape index (κ1) is 24.2. The number of methoxy groups -OCH3 is 1. The monoisotopic (exact) mass is 521 g/mol. The highest BCUT2D eigenvalue weighted by molar-refractivity contribution is 14.0. The lowest BCUT2D eigenvalue weighted by molar-refractivity contribution is 0.414. The predicted molar refractivity (Wildman–Crippen MR) is 123 cm³/mol. The number of guanidine groups is 1. The second kappa shape index (κ2) is 11.2. The van der Waals surface area contributed by atoms with Gasteiger partial charge < -0.3 is 15.4 Å². The largest absolute Gasteiger partial charge is 0.497 e. The highest BCUT2D eigenvalue weighted by Gasteiger charge is 2.10. The van der Waals surface area contributed by atoms with Crippen LogP contribution in [-0.4, -0.2) is 56.4 Å². The Morgan fingerprint density at radius 3 is 2.54 bits per heavy atom. The summed E-state index contributed by atoms with van der Waals surface area (Å²) < 4.78 is 29.5. The van der Waals surface area contributed by atoms with Gasteiger partial charge in [0, 0.05) is 25.5 Å². The minimum absolute atomic E-state index is 0. The molecule has 0 spiro atoms. The van der Waals surface area contributed by atoms with Crippen molar-refractivity contribution in [2.45, 2.75) is 25.9 Å². The Bertz CT molecular complexity index is 866. The molecule has 2 rings (SSSR count). The Balaban J connectivity index is 0.00000392. The van der Waals surface area contributed by atoms with Gasteiger partial charge >= 0.3 is 0 Å². The van der Waals surface area contributed by atoms with Crippen LogP contribution in [0, 0.1) is 0 Å². The van der Waals surface area contributed by atoms with E-state index in [1.54, 1.807) is 18.8 Å². The standard InChI is InChI=1S/C18H27N5O3S.HI/c1-14(10-12-27(4,24)25)21-18(19-2)20-13-15-9-11-23(22-15)16-5-7-17(26-3)8-6-16;/h5-9,11,14H,10,12-13H2,1-4H3,(H2,19,20,21);1H. The van der Waals surface area contributed by atoms with E-state index in [1.807, 2.05) is 43.5 Å². The summed E-state index contributed by atoms with van der Waals surface area (Å²) in [5, 5.41) is 10.9. The summed E-state index contributed by atoms with van der Waals surface area (Å²) in [5.41, 5.74) is 1.80. The van der Waals surface area contributed by atoms with Gasteiger partial charge in [0.2, 0.25) is 0 Å². The number of ether oxygens (including phenoxy) is 1. The molecule has 1 unspecified atom stereocenters. The number of hydrogen-bond donors (Lipinski definition) is 2. The Hall–Kier alpha value is -1.82. The van der Waals surface area contributed by atoms with Gasteiger partial charge in [0.25, 0.3) is 0 Å². The third-order valence-corrected chi connectivity index (χ3v) is 4.92. The Kier molecular flexibility index (Phi) is 9.73. The molecule has 0 amide bonds. The van der Waals surface area contributed by atoms with Crippen LogP contribution in [0.15, 0.2) is 41.5 Å². The van der Waals surface area contributed by atoms with Crippen molar-refractivity contribution in [1.82, 2.24) is 20.4 Å². The number of nitrogens with zero attached hydrogens (tertiary/aromatic N) is 3. The Morgan fingerprint density at radius 1 is 1.29 bits per heavy atom. The fourth-order valence-corrected chi connectivity index (χ4v) is 3.18. The summed E-state index contributed by atoms with van der Waals surface area (Å²) in [7, 11) is 0.344. The van der Waals surface area contributed by atoms with Gasteiger partial charge in [-0.25, -0.2) is 13.1 Å². The SMILES string of the molecule is CN=C(NCc1ccn(-c2ccc(OC)cc2)n1)NC(C)CCS(C)(=O)=O.I. The molecule has 2 aromatic rings. The van der Waals surface area contributed by atoms with Gasteiger partial charge in [0.1, 0.15) is 15.6 Å². The van der Waals surface area contributed by atoms with E-state index in [0.29, 0.717) is 18.9 Å². The third kappa shape index (κ3) is 8.05. The highest BCUT2D eigenvalue weighted by Crippen LogP contribution is 2.14. The van der Waals surface area contributed by atoms with E-state index in [1.165, 1.54) is 6.26 Å². The number of benzene rings is 1. The average Bonchev–Trinajstić information content (AvgIpc) is 3.12. The Morgan fingerprint density at radius 2 is 1.96 bits per heavy atom. The molecule has 1 heterocycles. The zero-order chi connectivity index (χ0) is 19.9. The first-order chi connectivity index (χ1) is 12.8. The van der Waals surface area contributed by atoms with Gasteiger partial charge in [-0.2, -0.15) is 5.10 Å². The van der Waals surface area contributed by atoms with E-state index < -0.39 is 9.84 Å². The first-order valence-electron chi connectivity index (χ1n) is 8.64. The van der Waals surface area contributed by atoms with Crippen molar-refractivity contribution in [3.8, 4) is 11.4 Å². The molecule has 0 aliphatic carbocycles. The van der Waals surface area contributed by atoms with Gasteiger partial charge in [-0.1, -0.05) is 0 Å². The lowest BCUT2D eigenvalue weighted by Crippen LogP contribution is -2.42. The second-order valence-corrected chi connectivity index (χ2v) is 8.60. The highest BCUT2D eigenvalue weighted by atomic mass is 127. The summed E-state index contributed by atoms with van der Waals surface area (Å²) in [6, 6.07) is 9.57. The molecule has 0 fully saturated rings. The molecule has 1 atom stereocenters. The zero-order valence-corrected chi connectivity index (χ0v) is 19.7. The topological polar surface area (TPSA) is 97.6 Å². The average molecular weight is 521 g/mol. The van der Waals surface area contributed by atoms with Gasteiger partial charge in [0.05, 0.1) is 30.8 Å². The van der Waals surface area contributed by atoms with Crippen molar-refractivity contribution >= 4 is 39.8 Å². The van der Waals surface area contributed by atoms with Crippen LogP contribution in [0.3, 0.4) is 0 Å². The van der Waals surface area contributed by atoms with Crippen LogP contribution in [-0.2, 0) is 16.4 Å². The summed E-state index contributed by atoms with van der Waals surface area (Å²) >= 11 is 0. The lowest BCUT2D eigenvalue weighted by atomic mass is 10.3. The predicted octanol–water partition coefficient (Wildman–Crippen LogP) is 1.99. The molecule has 8 nitrogen and oxygen atoms in total. The number of hydrogen-bond acceptors (Lipinski definition) is 5. The third-order valence-electron chi connectivity index (χ3n) is 3.95. The van der Waals surface area contributed by atoms with E-state index in [4.69, 9.17) is 4.74 Å². The van der Waals surface area contributed by atoms with Crippen LogP contribution < -0.4 is 15.4 Å². The maximum Gasteiger partial charge on any atom is 0.191 e. The number of aromatic nitrogens is 2. The summed E-state index contributed by atoms with van der Waals surface area (Å²) in [6.07, 6.45) is 3.65. The molecule has 1 aromatic carbocycles. The lowest BCUT2D eigenvalue weighted by Gasteiger charge is -2.17. The second-order valence-electron chi connectivity index (χ2n) is 6.34. The molecule has 10 heteroatoms. The van der Waals surface area contributed by atoms with Crippen molar-refractivity contribution in [3.05, 3.63) is 42.2 Å². The maximum absolute atomic E-state index is 11.3. The summed E-state index contributed by atoms with van der Waals surface area (Å²) in [5.74, 6) is 1.55. The van der Waals surface area contributed by atoms with Gasteiger partial charge in [-0.15, -0.1) is 24.0 Å². The normalized spacial score (nSPS) is 12.8. The van der Waals surface area contributed by atoms with E-state index in [0.717, 1.165) is 17.1 Å². The van der Waals surface area contributed by atoms with Crippen molar-refractivity contribution in [3.63, 3.8) is 0 Å². The number of rotatable bonds is 8. The minimum Gasteiger partial charge on any atom is -0.497 e. The number of nitrogens with one attached hydrogen (secondary N) is 2. The molecule has 28 heavy (non-hydrogen) atoms. The van der Waals surface area contributed by atoms with Crippen LogP contribution in [0.5, 0.6) is 5.75 Å². The maximum atomic E-state index is 11.3. The molecule has 0 saturated carbocycles. The molecule has 0 aliphatic rings. The van der Waals surface area contributed by atoms with Crippen molar-refractivity contribution in [2.24, 2.45) is 4.99 Å². The quantitative estimate of drug-likeness (QED) is 0.314. The van der Waals surface area contributed by atoms with Crippen molar-refractivity contribution in [2.75, 3.05) is 26.2 Å². The van der Waals surface area contributed by atoms with Crippen LogP contribution in [0.2, 0.25) is 0 Å². The van der Waals surface area contributed by atoms with Gasteiger partial charge in [-0.05, 0) is 43.7 Å². The fraction of sp³-hybridized carbons (Fsp3) is 0.444. The van der Waals surface area contributed by atoms with E-state index in [2.05, 4.69) is 20.7 Å². The van der Waals surface area contributed by atoms with Crippen LogP contribution in [0.4, 0.5) is 0 Å². The number of halogens is 1. The van der Waals surface area contributed by atoms with Crippen LogP contribution >= 0.6 is 24.0 Å². The molecule has 156 valence electrons. The van der Waals surface area contributed by atoms with E-state index >= 15 is 0 Å². The fourth-order valence-electron chi connectivity index (χ4n) is 2.40. The smallest absolute Gasteiger partial charge is 0.191 e. The van der Waals surface area contributed by atoms with Crippen molar-refractivity contribution < 1.29 is 13.2 Å². The summed E-state index contributed by atoms with van der Waals surface area (Å²) in [4.78, 5) is 4.17. The number of sulfone groups is 1. The van der Waals surface area contributed by atoms with Crippen LogP contribution in [0.25, 0.3) is 5.69 Å². The molecule has 0 saturated heterocycles. The van der Waals surface area contributed by atoms with Gasteiger partial charge in [-0.3, -0.25) is 4.99 Å². The molecular weight excluding hydrogens is 493 g/mol. The molecule has 0 radical (unpaired) electrons. The summed E-state index contributed by atoms with van der Waals surface area (Å²) in [6.45, 7) is 2.43. The van der Waals surface area contributed by atoms with Crippen molar-refractivity contribution in [1.29, 1.82) is 0 Å². The van der Waals surface area contributed by atoms with Crippen LogP contribution in [0.1, 0.15) is 19.0 Å². The molecule has 1 aromatic heterocycles. The molecule has 0 bridgehead atoms. The number of aliphatic imine (C=N–C) groups is 1. The van der Waals surface area contributed by atoms with E-state index in [9.17, 15) is 8.42 Å². The molecule has 0 aliphatic heterocycles. The van der Waals surface area contributed by atoms with E-state index in [-0.39, 0.29) is 35.8 Å². The molecule has 2 N–H and O–H groups in total. The minimum atomic E-state index is -2.97. The van der Waals surface area contributed by atoms with Gasteiger partial charge in [0.15, 0.2) is 5.96 Å². The molecular formula is C18H28IN5O3S. The zero-order valence-electron chi connectivity index (χ0n) is 16.5. The Labute approximate surface area is 183 Å². The first-order valence-corrected chi connectivity index (χ1v) is 10.7.